The van der Waals surface area contributed by atoms with Crippen molar-refractivity contribution >= 4 is 23.5 Å². The van der Waals surface area contributed by atoms with Crippen LogP contribution < -0.4 is 0 Å². The highest BCUT2D eigenvalue weighted by Crippen LogP contribution is 2.29. The third kappa shape index (κ3) is 2.42. The van der Waals surface area contributed by atoms with Crippen molar-refractivity contribution in [2.24, 2.45) is 11.8 Å². The fourth-order valence-corrected chi connectivity index (χ4v) is 3.89. The predicted octanol–water partition coefficient (Wildman–Crippen LogP) is 2.70. The molecule has 1 heterocycles. The standard InChI is InChI=1S/C7H14S2/c1-6(2)7-3-8-5-9-4-7/h6-7H,3-5H2,1-2H3. The van der Waals surface area contributed by atoms with Gasteiger partial charge >= 0.3 is 0 Å². The van der Waals surface area contributed by atoms with E-state index in [1.807, 2.05) is 0 Å². The zero-order valence-electron chi connectivity index (χ0n) is 6.09. The minimum atomic E-state index is 0.894. The summed E-state index contributed by atoms with van der Waals surface area (Å²) in [5.41, 5.74) is 0. The van der Waals surface area contributed by atoms with Crippen LogP contribution in [0.25, 0.3) is 0 Å². The summed E-state index contributed by atoms with van der Waals surface area (Å²) in [6, 6.07) is 0. The van der Waals surface area contributed by atoms with Gasteiger partial charge in [-0.2, -0.15) is 23.5 Å². The van der Waals surface area contributed by atoms with Gasteiger partial charge in [-0.15, -0.1) is 0 Å². The van der Waals surface area contributed by atoms with Crippen LogP contribution in [0.5, 0.6) is 0 Å². The molecule has 0 bridgehead atoms. The van der Waals surface area contributed by atoms with E-state index >= 15 is 0 Å². The van der Waals surface area contributed by atoms with E-state index < -0.39 is 0 Å². The monoisotopic (exact) mass is 162 g/mol. The van der Waals surface area contributed by atoms with Crippen molar-refractivity contribution in [1.29, 1.82) is 0 Å². The van der Waals surface area contributed by atoms with Crippen LogP contribution in [0.4, 0.5) is 0 Å². The van der Waals surface area contributed by atoms with Crippen LogP contribution in [0, 0.1) is 11.8 Å². The Labute approximate surface area is 66.2 Å². The summed E-state index contributed by atoms with van der Waals surface area (Å²) in [5.74, 6) is 4.66. The highest BCUT2D eigenvalue weighted by Gasteiger charge is 2.16. The molecule has 1 rings (SSSR count). The number of hydrogen-bond acceptors (Lipinski definition) is 2. The summed E-state index contributed by atoms with van der Waals surface area (Å²) in [7, 11) is 0. The molecule has 0 nitrogen and oxygen atoms in total. The molecule has 0 aliphatic carbocycles. The average molecular weight is 162 g/mol. The summed E-state index contributed by atoms with van der Waals surface area (Å²) in [4.78, 5) is 0. The largest absolute Gasteiger partial charge is 0.151 e. The first-order chi connectivity index (χ1) is 4.30. The van der Waals surface area contributed by atoms with Crippen molar-refractivity contribution in [2.75, 3.05) is 16.6 Å². The van der Waals surface area contributed by atoms with Crippen molar-refractivity contribution < 1.29 is 0 Å². The fourth-order valence-electron chi connectivity index (χ4n) is 0.891. The number of hydrogen-bond donors (Lipinski definition) is 0. The van der Waals surface area contributed by atoms with Gasteiger partial charge in [0.1, 0.15) is 0 Å². The van der Waals surface area contributed by atoms with Crippen molar-refractivity contribution in [3.8, 4) is 0 Å². The molecule has 0 aromatic carbocycles. The summed E-state index contributed by atoms with van der Waals surface area (Å²) >= 11 is 4.19. The first kappa shape index (κ1) is 7.80. The maximum Gasteiger partial charge on any atom is 0.0392 e. The molecule has 0 atom stereocenters. The molecule has 0 spiro atoms. The van der Waals surface area contributed by atoms with Crippen LogP contribution in [0.15, 0.2) is 0 Å². The smallest absolute Gasteiger partial charge is 0.0392 e. The van der Waals surface area contributed by atoms with E-state index in [0.717, 1.165) is 11.8 Å². The first-order valence-electron chi connectivity index (χ1n) is 3.46. The molecule has 2 heteroatoms. The minimum absolute atomic E-state index is 0.894. The van der Waals surface area contributed by atoms with Crippen molar-refractivity contribution in [1.82, 2.24) is 0 Å². The van der Waals surface area contributed by atoms with Crippen molar-refractivity contribution in [3.05, 3.63) is 0 Å². The highest BCUT2D eigenvalue weighted by atomic mass is 32.2. The number of thioether (sulfide) groups is 2. The summed E-state index contributed by atoms with van der Waals surface area (Å²) in [6.07, 6.45) is 0. The number of rotatable bonds is 1. The van der Waals surface area contributed by atoms with Crippen LogP contribution in [0.3, 0.4) is 0 Å². The van der Waals surface area contributed by atoms with Gasteiger partial charge in [-0.25, -0.2) is 0 Å². The Morgan fingerprint density at radius 2 is 1.78 bits per heavy atom. The molecule has 1 fully saturated rings. The lowest BCUT2D eigenvalue weighted by Gasteiger charge is -2.23. The van der Waals surface area contributed by atoms with Gasteiger partial charge in [-0.3, -0.25) is 0 Å². The zero-order valence-corrected chi connectivity index (χ0v) is 7.73. The van der Waals surface area contributed by atoms with Crippen LogP contribution in [0.2, 0.25) is 0 Å². The second kappa shape index (κ2) is 3.77. The zero-order chi connectivity index (χ0) is 6.69. The summed E-state index contributed by atoms with van der Waals surface area (Å²) in [6.45, 7) is 4.66. The Bertz CT molecular complexity index is 75.0. The Hall–Kier alpha value is 0.700. The van der Waals surface area contributed by atoms with Gasteiger partial charge in [0.25, 0.3) is 0 Å². The molecule has 1 aliphatic heterocycles. The van der Waals surface area contributed by atoms with E-state index in [1.165, 1.54) is 16.6 Å². The van der Waals surface area contributed by atoms with Gasteiger partial charge in [0, 0.05) is 5.08 Å². The molecular weight excluding hydrogens is 148 g/mol. The fraction of sp³-hybridized carbons (Fsp3) is 1.00. The second-order valence-corrected chi connectivity index (χ2v) is 5.29. The first-order valence-corrected chi connectivity index (χ1v) is 5.77. The average Bonchev–Trinajstić information content (AvgIpc) is 1.90. The molecular formula is C7H14S2. The molecule has 0 radical (unpaired) electrons. The Morgan fingerprint density at radius 1 is 1.22 bits per heavy atom. The summed E-state index contributed by atoms with van der Waals surface area (Å²) in [5, 5.41) is 1.32. The van der Waals surface area contributed by atoms with Crippen LogP contribution in [-0.4, -0.2) is 16.6 Å². The third-order valence-corrected chi connectivity index (χ3v) is 4.43. The predicted molar refractivity (Wildman–Crippen MR) is 48.1 cm³/mol. The normalized spacial score (nSPS) is 23.0. The third-order valence-electron chi connectivity index (χ3n) is 1.77. The van der Waals surface area contributed by atoms with Crippen molar-refractivity contribution in [2.45, 2.75) is 13.8 Å². The summed E-state index contributed by atoms with van der Waals surface area (Å²) < 4.78 is 0. The van der Waals surface area contributed by atoms with Crippen LogP contribution >= 0.6 is 23.5 Å². The van der Waals surface area contributed by atoms with Gasteiger partial charge in [0.15, 0.2) is 0 Å². The van der Waals surface area contributed by atoms with E-state index in [2.05, 4.69) is 37.4 Å². The highest BCUT2D eigenvalue weighted by molar-refractivity contribution is 8.16. The van der Waals surface area contributed by atoms with Gasteiger partial charge in [0.2, 0.25) is 0 Å². The SMILES string of the molecule is CC(C)C1CSCSC1. The Morgan fingerprint density at radius 3 is 2.11 bits per heavy atom. The molecule has 0 unspecified atom stereocenters. The second-order valence-electron chi connectivity index (χ2n) is 2.86. The van der Waals surface area contributed by atoms with E-state index in [4.69, 9.17) is 0 Å². The van der Waals surface area contributed by atoms with E-state index in [0.29, 0.717) is 0 Å². The molecule has 9 heavy (non-hydrogen) atoms. The van der Waals surface area contributed by atoms with E-state index in [-0.39, 0.29) is 0 Å². The Kier molecular flexibility index (Phi) is 3.27. The lowest BCUT2D eigenvalue weighted by Crippen LogP contribution is -2.17. The van der Waals surface area contributed by atoms with Gasteiger partial charge in [-0.05, 0) is 23.3 Å². The molecule has 1 saturated heterocycles. The molecule has 1 aliphatic rings. The Balaban J connectivity index is 2.23. The lowest BCUT2D eigenvalue weighted by molar-refractivity contribution is 0.471. The quantitative estimate of drug-likeness (QED) is 0.581. The molecule has 0 aromatic heterocycles. The maximum absolute atomic E-state index is 2.33. The molecule has 0 aromatic rings. The van der Waals surface area contributed by atoms with Crippen LogP contribution in [-0.2, 0) is 0 Å². The molecule has 0 saturated carbocycles. The van der Waals surface area contributed by atoms with Gasteiger partial charge in [-0.1, -0.05) is 13.8 Å². The topological polar surface area (TPSA) is 0 Å². The van der Waals surface area contributed by atoms with Gasteiger partial charge in [0.05, 0.1) is 0 Å². The van der Waals surface area contributed by atoms with Crippen LogP contribution in [0.1, 0.15) is 13.8 Å². The molecule has 0 amide bonds. The van der Waals surface area contributed by atoms with E-state index in [1.54, 1.807) is 0 Å². The maximum atomic E-state index is 2.33. The van der Waals surface area contributed by atoms with Crippen molar-refractivity contribution in [3.63, 3.8) is 0 Å². The lowest BCUT2D eigenvalue weighted by atomic mass is 10.0. The molecule has 0 N–H and O–H groups in total. The van der Waals surface area contributed by atoms with E-state index in [9.17, 15) is 0 Å². The molecule has 54 valence electrons. The van der Waals surface area contributed by atoms with Gasteiger partial charge < -0.3 is 0 Å². The minimum Gasteiger partial charge on any atom is -0.151 e.